The van der Waals surface area contributed by atoms with Gasteiger partial charge >= 0.3 is 5.97 Å². The molecular weight excluding hydrogens is 232 g/mol. The van der Waals surface area contributed by atoms with Crippen molar-refractivity contribution < 1.29 is 9.53 Å². The Labute approximate surface area is 105 Å². The number of hydrogen-bond donors (Lipinski definition) is 1. The van der Waals surface area contributed by atoms with Crippen LogP contribution < -0.4 is 5.32 Å². The average Bonchev–Trinajstić information content (AvgIpc) is 2.79. The molecule has 1 N–H and O–H groups in total. The van der Waals surface area contributed by atoms with Crippen molar-refractivity contribution in [3.63, 3.8) is 0 Å². The van der Waals surface area contributed by atoms with E-state index in [2.05, 4.69) is 15.4 Å². The molecule has 0 bridgehead atoms. The molecule has 18 heavy (non-hydrogen) atoms. The zero-order chi connectivity index (χ0) is 13.0. The molecule has 0 saturated carbocycles. The van der Waals surface area contributed by atoms with Crippen molar-refractivity contribution in [2.75, 3.05) is 13.2 Å². The molecule has 0 fully saturated rings. The van der Waals surface area contributed by atoms with E-state index in [0.717, 1.165) is 18.7 Å². The third-order valence-electron chi connectivity index (χ3n) is 2.48. The molecule has 0 unspecified atom stereocenters. The number of rotatable bonds is 5. The first-order valence-electron chi connectivity index (χ1n) is 5.96. The molecule has 0 aliphatic heterocycles. The SMILES string of the molecule is CCNCc1cnc2c(C(=O)OCC)cnn2c1. The number of ether oxygens (including phenoxy) is 1. The Morgan fingerprint density at radius 3 is 3.00 bits per heavy atom. The minimum absolute atomic E-state index is 0.342. The lowest BCUT2D eigenvalue weighted by molar-refractivity contribution is 0.0528. The summed E-state index contributed by atoms with van der Waals surface area (Å²) in [5, 5.41) is 7.32. The lowest BCUT2D eigenvalue weighted by Gasteiger charge is -2.03. The van der Waals surface area contributed by atoms with Crippen molar-refractivity contribution in [2.24, 2.45) is 0 Å². The molecule has 0 amide bonds. The maximum Gasteiger partial charge on any atom is 0.343 e. The minimum Gasteiger partial charge on any atom is -0.462 e. The third-order valence-corrected chi connectivity index (χ3v) is 2.48. The van der Waals surface area contributed by atoms with Gasteiger partial charge in [-0.3, -0.25) is 0 Å². The van der Waals surface area contributed by atoms with Crippen LogP contribution in [-0.2, 0) is 11.3 Å². The highest BCUT2D eigenvalue weighted by Crippen LogP contribution is 2.10. The van der Waals surface area contributed by atoms with Crippen LogP contribution in [-0.4, -0.2) is 33.7 Å². The van der Waals surface area contributed by atoms with Crippen LogP contribution in [0.3, 0.4) is 0 Å². The fourth-order valence-electron chi connectivity index (χ4n) is 1.63. The summed E-state index contributed by atoms with van der Waals surface area (Å²) in [6, 6.07) is 0. The number of nitrogens with zero attached hydrogens (tertiary/aromatic N) is 3. The second-order valence-electron chi connectivity index (χ2n) is 3.79. The van der Waals surface area contributed by atoms with Crippen LogP contribution in [0.5, 0.6) is 0 Å². The maximum absolute atomic E-state index is 11.6. The summed E-state index contributed by atoms with van der Waals surface area (Å²) in [6.45, 7) is 5.78. The summed E-state index contributed by atoms with van der Waals surface area (Å²) in [7, 11) is 0. The van der Waals surface area contributed by atoms with Gasteiger partial charge in [-0.25, -0.2) is 14.3 Å². The van der Waals surface area contributed by atoms with Crippen LogP contribution in [0.4, 0.5) is 0 Å². The van der Waals surface area contributed by atoms with E-state index in [4.69, 9.17) is 4.74 Å². The van der Waals surface area contributed by atoms with Gasteiger partial charge < -0.3 is 10.1 Å². The molecule has 0 aromatic carbocycles. The molecule has 6 heteroatoms. The molecule has 96 valence electrons. The Balaban J connectivity index is 2.28. The minimum atomic E-state index is -0.389. The van der Waals surface area contributed by atoms with E-state index in [9.17, 15) is 4.79 Å². The average molecular weight is 248 g/mol. The first-order valence-corrected chi connectivity index (χ1v) is 5.96. The van der Waals surface area contributed by atoms with Gasteiger partial charge in [0.25, 0.3) is 0 Å². The van der Waals surface area contributed by atoms with Crippen molar-refractivity contribution in [3.8, 4) is 0 Å². The summed E-state index contributed by atoms with van der Waals surface area (Å²) in [6.07, 6.45) is 5.08. The molecule has 0 spiro atoms. The summed E-state index contributed by atoms with van der Waals surface area (Å²) in [5.41, 5.74) is 1.93. The van der Waals surface area contributed by atoms with Crippen LogP contribution in [0, 0.1) is 0 Å². The fraction of sp³-hybridized carbons (Fsp3) is 0.417. The van der Waals surface area contributed by atoms with Gasteiger partial charge in [0.2, 0.25) is 0 Å². The van der Waals surface area contributed by atoms with Gasteiger partial charge in [0.05, 0.1) is 12.8 Å². The monoisotopic (exact) mass is 248 g/mol. The Morgan fingerprint density at radius 1 is 1.44 bits per heavy atom. The smallest absolute Gasteiger partial charge is 0.343 e. The van der Waals surface area contributed by atoms with Gasteiger partial charge in [0, 0.05) is 24.5 Å². The molecule has 0 aliphatic rings. The highest BCUT2D eigenvalue weighted by Gasteiger charge is 2.14. The number of carbonyl (C=O) groups is 1. The van der Waals surface area contributed by atoms with Crippen LogP contribution in [0.1, 0.15) is 29.8 Å². The van der Waals surface area contributed by atoms with Gasteiger partial charge in [0.15, 0.2) is 5.65 Å². The number of carbonyl (C=O) groups excluding carboxylic acids is 1. The van der Waals surface area contributed by atoms with Crippen LogP contribution in [0.25, 0.3) is 5.65 Å². The standard InChI is InChI=1S/C12H16N4O2/c1-3-13-5-9-6-14-11-10(12(17)18-4-2)7-15-16(11)8-9/h6-8,13H,3-5H2,1-2H3. The normalized spacial score (nSPS) is 10.8. The number of aromatic nitrogens is 3. The highest BCUT2D eigenvalue weighted by atomic mass is 16.5. The molecule has 2 aromatic heterocycles. The van der Waals surface area contributed by atoms with Gasteiger partial charge in [-0.1, -0.05) is 6.92 Å². The number of nitrogens with one attached hydrogen (secondary N) is 1. The van der Waals surface area contributed by atoms with Crippen LogP contribution in [0.15, 0.2) is 18.6 Å². The van der Waals surface area contributed by atoms with E-state index in [-0.39, 0.29) is 5.97 Å². The summed E-state index contributed by atoms with van der Waals surface area (Å²) in [4.78, 5) is 15.9. The molecule has 0 atom stereocenters. The van der Waals surface area contributed by atoms with Crippen LogP contribution >= 0.6 is 0 Å². The Bertz CT molecular complexity index is 550. The lowest BCUT2D eigenvalue weighted by atomic mass is 10.3. The Hall–Kier alpha value is -1.95. The molecule has 6 nitrogen and oxygen atoms in total. The van der Waals surface area contributed by atoms with Gasteiger partial charge in [-0.05, 0) is 13.5 Å². The quantitative estimate of drug-likeness (QED) is 0.800. The van der Waals surface area contributed by atoms with E-state index in [1.807, 2.05) is 13.1 Å². The molecule has 2 heterocycles. The van der Waals surface area contributed by atoms with Gasteiger partial charge in [0.1, 0.15) is 5.56 Å². The predicted molar refractivity (Wildman–Crippen MR) is 66.3 cm³/mol. The summed E-state index contributed by atoms with van der Waals surface area (Å²) < 4.78 is 6.54. The lowest BCUT2D eigenvalue weighted by Crippen LogP contribution is -2.12. The summed E-state index contributed by atoms with van der Waals surface area (Å²) >= 11 is 0. The molecular formula is C12H16N4O2. The van der Waals surface area contributed by atoms with Crippen molar-refractivity contribution >= 4 is 11.6 Å². The van der Waals surface area contributed by atoms with Crippen molar-refractivity contribution in [1.29, 1.82) is 0 Å². The van der Waals surface area contributed by atoms with E-state index in [1.54, 1.807) is 17.6 Å². The second-order valence-corrected chi connectivity index (χ2v) is 3.79. The molecule has 0 aliphatic carbocycles. The number of fused-ring (bicyclic) bond motifs is 1. The van der Waals surface area contributed by atoms with E-state index >= 15 is 0 Å². The van der Waals surface area contributed by atoms with E-state index in [0.29, 0.717) is 17.8 Å². The maximum atomic E-state index is 11.6. The van der Waals surface area contributed by atoms with Crippen LogP contribution in [0.2, 0.25) is 0 Å². The zero-order valence-corrected chi connectivity index (χ0v) is 10.5. The van der Waals surface area contributed by atoms with Gasteiger partial charge in [-0.15, -0.1) is 0 Å². The van der Waals surface area contributed by atoms with Gasteiger partial charge in [-0.2, -0.15) is 5.10 Å². The Morgan fingerprint density at radius 2 is 2.28 bits per heavy atom. The number of esters is 1. The molecule has 2 aromatic rings. The fourth-order valence-corrected chi connectivity index (χ4v) is 1.63. The van der Waals surface area contributed by atoms with E-state index < -0.39 is 0 Å². The molecule has 2 rings (SSSR count). The largest absolute Gasteiger partial charge is 0.462 e. The second kappa shape index (κ2) is 5.59. The zero-order valence-electron chi connectivity index (χ0n) is 10.5. The van der Waals surface area contributed by atoms with Crippen molar-refractivity contribution in [3.05, 3.63) is 29.7 Å². The first kappa shape index (κ1) is 12.5. The molecule has 0 saturated heterocycles. The van der Waals surface area contributed by atoms with Crippen molar-refractivity contribution in [2.45, 2.75) is 20.4 Å². The van der Waals surface area contributed by atoms with E-state index in [1.165, 1.54) is 6.20 Å². The highest BCUT2D eigenvalue weighted by molar-refractivity contribution is 5.95. The number of hydrogen-bond acceptors (Lipinski definition) is 5. The predicted octanol–water partition coefficient (Wildman–Crippen LogP) is 1.02. The third kappa shape index (κ3) is 2.48. The Kier molecular flexibility index (Phi) is 3.88. The summed E-state index contributed by atoms with van der Waals surface area (Å²) in [5.74, 6) is -0.389. The molecule has 0 radical (unpaired) electrons. The topological polar surface area (TPSA) is 68.5 Å². The van der Waals surface area contributed by atoms with Crippen molar-refractivity contribution in [1.82, 2.24) is 19.9 Å². The first-order chi connectivity index (χ1) is 8.76.